The molecule has 1 aromatic rings. The van der Waals surface area contributed by atoms with E-state index in [9.17, 15) is 0 Å². The van der Waals surface area contributed by atoms with Crippen molar-refractivity contribution in [3.8, 4) is 0 Å². The zero-order valence-corrected chi connectivity index (χ0v) is 9.03. The first-order valence-corrected chi connectivity index (χ1v) is 5.38. The second-order valence-corrected chi connectivity index (χ2v) is 4.26. The highest BCUT2D eigenvalue weighted by Gasteiger charge is 2.20. The molecule has 0 aliphatic carbocycles. The molecule has 2 heteroatoms. The highest BCUT2D eigenvalue weighted by molar-refractivity contribution is 5.47. The molecule has 1 heterocycles. The van der Waals surface area contributed by atoms with E-state index in [1.165, 1.54) is 30.6 Å². The molecule has 0 aromatic heterocycles. The first kappa shape index (κ1) is 9.53. The van der Waals surface area contributed by atoms with Crippen molar-refractivity contribution in [1.29, 1.82) is 0 Å². The lowest BCUT2D eigenvalue weighted by molar-refractivity contribution is -0.676. The summed E-state index contributed by atoms with van der Waals surface area (Å²) in [6, 6.07) is 9.59. The summed E-state index contributed by atoms with van der Waals surface area (Å²) in [5, 5.41) is 2.45. The summed E-state index contributed by atoms with van der Waals surface area (Å²) in [6.45, 7) is 1.29. The van der Waals surface area contributed by atoms with Gasteiger partial charge in [0.15, 0.2) is 0 Å². The van der Waals surface area contributed by atoms with Crippen LogP contribution >= 0.6 is 0 Å². The van der Waals surface area contributed by atoms with Crippen LogP contribution in [0.4, 0.5) is 5.69 Å². The van der Waals surface area contributed by atoms with Crippen LogP contribution in [0.15, 0.2) is 24.3 Å². The molecule has 1 aliphatic heterocycles. The Morgan fingerprint density at radius 3 is 2.86 bits per heavy atom. The lowest BCUT2D eigenvalue weighted by Gasteiger charge is -2.15. The van der Waals surface area contributed by atoms with Gasteiger partial charge in [-0.25, -0.2) is 0 Å². The van der Waals surface area contributed by atoms with Gasteiger partial charge in [-0.15, -0.1) is 0 Å². The third kappa shape index (κ3) is 1.90. The first-order valence-electron chi connectivity index (χ1n) is 5.38. The number of nitrogens with two attached hydrogens (primary N) is 1. The maximum atomic E-state index is 2.45. The van der Waals surface area contributed by atoms with E-state index in [4.69, 9.17) is 0 Å². The topological polar surface area (TPSA) is 19.9 Å². The van der Waals surface area contributed by atoms with E-state index in [-0.39, 0.29) is 0 Å². The minimum atomic E-state index is 0.704. The third-order valence-electron chi connectivity index (χ3n) is 2.99. The number of quaternary nitrogens is 1. The van der Waals surface area contributed by atoms with Crippen LogP contribution < -0.4 is 10.2 Å². The Morgan fingerprint density at radius 2 is 2.21 bits per heavy atom. The van der Waals surface area contributed by atoms with Gasteiger partial charge in [-0.3, -0.25) is 0 Å². The Kier molecular flexibility index (Phi) is 2.73. The maximum Gasteiger partial charge on any atom is 0.112 e. The standard InChI is InChI=1S/C12H18N2/c1-14(2)11-6-3-5-10(9-11)12-7-4-8-13-12/h3,5-6,9,12-13H,4,7-8H2,1-2H3/p+1/t12-/m0/s1. The van der Waals surface area contributed by atoms with Gasteiger partial charge in [-0.05, 0) is 12.1 Å². The second kappa shape index (κ2) is 4.01. The highest BCUT2D eigenvalue weighted by atomic mass is 15.1. The Hall–Kier alpha value is -1.02. The summed E-state index contributed by atoms with van der Waals surface area (Å²) in [7, 11) is 4.19. The van der Waals surface area contributed by atoms with Crippen LogP contribution in [0.3, 0.4) is 0 Å². The molecule has 0 amide bonds. The van der Waals surface area contributed by atoms with Crippen LogP contribution in [0.2, 0.25) is 0 Å². The zero-order valence-electron chi connectivity index (χ0n) is 9.03. The number of nitrogens with zero attached hydrogens (tertiary/aromatic N) is 1. The van der Waals surface area contributed by atoms with Gasteiger partial charge < -0.3 is 10.2 Å². The normalized spacial score (nSPS) is 21.1. The fourth-order valence-corrected chi connectivity index (χ4v) is 2.11. The molecule has 1 fully saturated rings. The van der Waals surface area contributed by atoms with Gasteiger partial charge in [0.05, 0.1) is 6.54 Å². The van der Waals surface area contributed by atoms with Crippen molar-refractivity contribution in [2.45, 2.75) is 18.9 Å². The molecular weight excluding hydrogens is 172 g/mol. The van der Waals surface area contributed by atoms with Crippen molar-refractivity contribution >= 4 is 5.69 Å². The molecule has 76 valence electrons. The predicted octanol–water partition coefficient (Wildman–Crippen LogP) is 1.15. The van der Waals surface area contributed by atoms with Gasteiger partial charge >= 0.3 is 0 Å². The number of rotatable bonds is 2. The second-order valence-electron chi connectivity index (χ2n) is 4.26. The van der Waals surface area contributed by atoms with Crippen LogP contribution in [-0.2, 0) is 0 Å². The van der Waals surface area contributed by atoms with Gasteiger partial charge in [-0.1, -0.05) is 12.1 Å². The molecular formula is C12H19N2+. The quantitative estimate of drug-likeness (QED) is 0.743. The monoisotopic (exact) mass is 191 g/mol. The maximum absolute atomic E-state index is 2.45. The summed E-state index contributed by atoms with van der Waals surface area (Å²) in [5.41, 5.74) is 2.79. The Labute approximate surface area is 85.9 Å². The lowest BCUT2D eigenvalue weighted by atomic mass is 10.0. The van der Waals surface area contributed by atoms with E-state index in [0.717, 1.165) is 0 Å². The van der Waals surface area contributed by atoms with E-state index in [2.05, 4.69) is 48.6 Å². The molecule has 1 aromatic carbocycles. The molecule has 0 unspecified atom stereocenters. The molecule has 2 rings (SSSR count). The number of benzene rings is 1. The van der Waals surface area contributed by atoms with Gasteiger partial charge in [0.2, 0.25) is 0 Å². The molecule has 2 nitrogen and oxygen atoms in total. The number of hydrogen-bond donors (Lipinski definition) is 1. The Morgan fingerprint density at radius 1 is 1.36 bits per heavy atom. The van der Waals surface area contributed by atoms with Gasteiger partial charge in [0.25, 0.3) is 0 Å². The summed E-state index contributed by atoms with van der Waals surface area (Å²) in [4.78, 5) is 2.17. The molecule has 0 bridgehead atoms. The third-order valence-corrected chi connectivity index (χ3v) is 2.99. The molecule has 0 radical (unpaired) electrons. The number of anilines is 1. The summed E-state index contributed by atoms with van der Waals surface area (Å²) in [6.07, 6.45) is 2.69. The predicted molar refractivity (Wildman–Crippen MR) is 59.5 cm³/mol. The Bertz CT molecular complexity index is 301. The van der Waals surface area contributed by atoms with Gasteiger partial charge in [-0.2, -0.15) is 0 Å². The average Bonchev–Trinajstić information content (AvgIpc) is 2.71. The molecule has 0 spiro atoms. The van der Waals surface area contributed by atoms with E-state index < -0.39 is 0 Å². The molecule has 2 N–H and O–H groups in total. The van der Waals surface area contributed by atoms with Crippen molar-refractivity contribution < 1.29 is 5.32 Å². The van der Waals surface area contributed by atoms with Crippen molar-refractivity contribution in [2.75, 3.05) is 25.5 Å². The first-order chi connectivity index (χ1) is 6.77. The highest BCUT2D eigenvalue weighted by Crippen LogP contribution is 2.21. The summed E-state index contributed by atoms with van der Waals surface area (Å²) in [5.74, 6) is 0. The minimum absolute atomic E-state index is 0.704. The van der Waals surface area contributed by atoms with Crippen LogP contribution in [-0.4, -0.2) is 20.6 Å². The van der Waals surface area contributed by atoms with Crippen LogP contribution in [0.1, 0.15) is 24.4 Å². The van der Waals surface area contributed by atoms with Crippen LogP contribution in [0, 0.1) is 0 Å². The van der Waals surface area contributed by atoms with E-state index in [1.807, 2.05) is 0 Å². The molecule has 0 saturated carbocycles. The fourth-order valence-electron chi connectivity index (χ4n) is 2.11. The largest absolute Gasteiger partial charge is 0.378 e. The Balaban J connectivity index is 2.21. The SMILES string of the molecule is CN(C)c1cccc([C@@H]2CCC[NH2+]2)c1. The summed E-state index contributed by atoms with van der Waals surface area (Å²) < 4.78 is 0. The molecule has 1 saturated heterocycles. The minimum Gasteiger partial charge on any atom is -0.378 e. The zero-order chi connectivity index (χ0) is 9.97. The van der Waals surface area contributed by atoms with Crippen molar-refractivity contribution in [3.63, 3.8) is 0 Å². The molecule has 1 aliphatic rings. The van der Waals surface area contributed by atoms with Crippen LogP contribution in [0.25, 0.3) is 0 Å². The van der Waals surface area contributed by atoms with Crippen molar-refractivity contribution in [3.05, 3.63) is 29.8 Å². The van der Waals surface area contributed by atoms with Crippen molar-refractivity contribution in [2.24, 2.45) is 0 Å². The van der Waals surface area contributed by atoms with E-state index >= 15 is 0 Å². The van der Waals surface area contributed by atoms with Gasteiger partial charge in [0, 0.05) is 38.2 Å². The fraction of sp³-hybridized carbons (Fsp3) is 0.500. The smallest absolute Gasteiger partial charge is 0.112 e. The van der Waals surface area contributed by atoms with E-state index in [0.29, 0.717) is 6.04 Å². The number of hydrogen-bond acceptors (Lipinski definition) is 1. The van der Waals surface area contributed by atoms with E-state index in [1.54, 1.807) is 0 Å². The molecule has 14 heavy (non-hydrogen) atoms. The van der Waals surface area contributed by atoms with Gasteiger partial charge in [0.1, 0.15) is 6.04 Å². The average molecular weight is 191 g/mol. The molecule has 1 atom stereocenters. The van der Waals surface area contributed by atoms with Crippen molar-refractivity contribution in [1.82, 2.24) is 0 Å². The summed E-state index contributed by atoms with van der Waals surface area (Å²) >= 11 is 0. The lowest BCUT2D eigenvalue weighted by Crippen LogP contribution is -2.81. The van der Waals surface area contributed by atoms with Crippen LogP contribution in [0.5, 0.6) is 0 Å².